The Kier molecular flexibility index (Phi) is 2.67. The fourth-order valence-corrected chi connectivity index (χ4v) is 0.330. The van der Waals surface area contributed by atoms with Crippen LogP contribution in [0.1, 0.15) is 13.8 Å². The van der Waals surface area contributed by atoms with E-state index < -0.39 is 23.3 Å². The minimum absolute atomic E-state index is 0.865. The van der Waals surface area contributed by atoms with Crippen LogP contribution in [0.5, 0.6) is 0 Å². The average molecular weight is 168 g/mol. The lowest BCUT2D eigenvalue weighted by atomic mass is 9.93. The molecule has 0 aliphatic heterocycles. The summed E-state index contributed by atoms with van der Waals surface area (Å²) in [6.45, 7) is 1.73. The molecule has 0 rings (SSSR count). The molecule has 0 bridgehead atoms. The summed E-state index contributed by atoms with van der Waals surface area (Å²) in [5, 5.41) is 8.25. The number of carboxylic acids is 1. The molecule has 0 spiro atoms. The lowest BCUT2D eigenvalue weighted by Gasteiger charge is -2.14. The first-order valence-corrected chi connectivity index (χ1v) is 2.74. The predicted molar refractivity (Wildman–Crippen MR) is 31.8 cm³/mol. The van der Waals surface area contributed by atoms with Gasteiger partial charge in [0.2, 0.25) is 0 Å². The molecular formula is C6H7F3O2. The lowest BCUT2D eigenvalue weighted by molar-refractivity contribution is -0.145. The highest BCUT2D eigenvalue weighted by molar-refractivity contribution is 5.76. The zero-order valence-corrected chi connectivity index (χ0v) is 5.99. The van der Waals surface area contributed by atoms with Gasteiger partial charge < -0.3 is 5.11 Å². The van der Waals surface area contributed by atoms with Gasteiger partial charge in [-0.3, -0.25) is 4.79 Å². The molecule has 0 aromatic heterocycles. The van der Waals surface area contributed by atoms with Crippen molar-refractivity contribution in [3.63, 3.8) is 0 Å². The Morgan fingerprint density at radius 1 is 1.27 bits per heavy atom. The molecule has 0 fully saturated rings. The molecule has 0 atom stereocenters. The summed E-state index contributed by atoms with van der Waals surface area (Å²) in [4.78, 5) is 10.2. The number of halogens is 3. The van der Waals surface area contributed by atoms with Crippen LogP contribution in [0.15, 0.2) is 11.9 Å². The van der Waals surface area contributed by atoms with Crippen molar-refractivity contribution in [3.8, 4) is 0 Å². The highest BCUT2D eigenvalue weighted by atomic mass is 19.3. The van der Waals surface area contributed by atoms with Crippen LogP contribution in [-0.4, -0.2) is 11.1 Å². The molecule has 64 valence electrons. The summed E-state index contributed by atoms with van der Waals surface area (Å²) < 4.78 is 35.4. The lowest BCUT2D eigenvalue weighted by Crippen LogP contribution is -2.24. The van der Waals surface area contributed by atoms with E-state index in [1.807, 2.05) is 0 Å². The Morgan fingerprint density at radius 3 is 1.73 bits per heavy atom. The Balaban J connectivity index is 4.86. The van der Waals surface area contributed by atoms with Crippen molar-refractivity contribution in [2.24, 2.45) is 5.41 Å². The van der Waals surface area contributed by atoms with Gasteiger partial charge in [0.25, 0.3) is 0 Å². The van der Waals surface area contributed by atoms with Gasteiger partial charge in [-0.2, -0.15) is 8.78 Å². The van der Waals surface area contributed by atoms with Crippen molar-refractivity contribution in [1.29, 1.82) is 0 Å². The van der Waals surface area contributed by atoms with E-state index in [9.17, 15) is 18.0 Å². The molecular weight excluding hydrogens is 161 g/mol. The van der Waals surface area contributed by atoms with Gasteiger partial charge in [0.05, 0.1) is 0 Å². The fraction of sp³-hybridized carbons (Fsp3) is 0.500. The Hall–Kier alpha value is -1.00. The van der Waals surface area contributed by atoms with Crippen molar-refractivity contribution in [3.05, 3.63) is 11.9 Å². The van der Waals surface area contributed by atoms with E-state index in [4.69, 9.17) is 5.11 Å². The molecule has 1 N–H and O–H groups in total. The van der Waals surface area contributed by atoms with E-state index in [1.54, 1.807) is 0 Å². The van der Waals surface area contributed by atoms with Crippen molar-refractivity contribution < 1.29 is 23.1 Å². The molecule has 11 heavy (non-hydrogen) atoms. The van der Waals surface area contributed by atoms with Gasteiger partial charge in [-0.1, -0.05) is 0 Å². The minimum atomic E-state index is -2.59. The Bertz CT molecular complexity index is 204. The second-order valence-corrected chi connectivity index (χ2v) is 2.50. The molecule has 2 nitrogen and oxygen atoms in total. The van der Waals surface area contributed by atoms with E-state index in [0.717, 1.165) is 13.8 Å². The summed E-state index contributed by atoms with van der Waals surface area (Å²) >= 11 is 0. The van der Waals surface area contributed by atoms with Crippen molar-refractivity contribution in [1.82, 2.24) is 0 Å². The molecule has 0 amide bonds. The van der Waals surface area contributed by atoms with Crippen LogP contribution in [0.2, 0.25) is 0 Å². The first-order valence-electron chi connectivity index (χ1n) is 2.74. The van der Waals surface area contributed by atoms with Gasteiger partial charge in [-0.05, 0) is 13.8 Å². The molecule has 0 saturated carbocycles. The van der Waals surface area contributed by atoms with Crippen LogP contribution in [0.3, 0.4) is 0 Å². The monoisotopic (exact) mass is 168 g/mol. The molecule has 0 aliphatic carbocycles. The van der Waals surface area contributed by atoms with E-state index in [0.29, 0.717) is 0 Å². The van der Waals surface area contributed by atoms with Crippen LogP contribution in [-0.2, 0) is 4.79 Å². The maximum Gasteiger partial charge on any atom is 0.316 e. The number of hydrogen-bond acceptors (Lipinski definition) is 1. The van der Waals surface area contributed by atoms with E-state index in [2.05, 4.69) is 0 Å². The molecule has 0 unspecified atom stereocenters. The highest BCUT2D eigenvalue weighted by Gasteiger charge is 2.36. The van der Waals surface area contributed by atoms with Crippen LogP contribution in [0.25, 0.3) is 0 Å². The molecule has 5 heteroatoms. The standard InChI is InChI=1S/C6H7F3O2/c1-6(2,5(10)11)3(7)4(8)9/h1-2H3,(H,10,11). The van der Waals surface area contributed by atoms with Gasteiger partial charge >= 0.3 is 12.0 Å². The van der Waals surface area contributed by atoms with Gasteiger partial charge in [-0.15, -0.1) is 0 Å². The zero-order chi connectivity index (χ0) is 9.23. The normalized spacial score (nSPS) is 11.0. The third-order valence-electron chi connectivity index (χ3n) is 1.25. The summed E-state index contributed by atoms with van der Waals surface area (Å²) in [6.07, 6.45) is -2.59. The first-order chi connectivity index (χ1) is 4.80. The summed E-state index contributed by atoms with van der Waals surface area (Å²) in [5.74, 6) is -3.52. The third-order valence-corrected chi connectivity index (χ3v) is 1.25. The van der Waals surface area contributed by atoms with Gasteiger partial charge in [-0.25, -0.2) is 4.39 Å². The Labute approximate surface area is 61.3 Å². The van der Waals surface area contributed by atoms with Crippen molar-refractivity contribution in [2.75, 3.05) is 0 Å². The number of rotatable bonds is 2. The van der Waals surface area contributed by atoms with Crippen molar-refractivity contribution in [2.45, 2.75) is 13.8 Å². The second-order valence-electron chi connectivity index (χ2n) is 2.50. The molecule has 0 heterocycles. The van der Waals surface area contributed by atoms with Crippen LogP contribution < -0.4 is 0 Å². The second kappa shape index (κ2) is 2.94. The number of aliphatic carboxylic acids is 1. The topological polar surface area (TPSA) is 37.3 Å². The van der Waals surface area contributed by atoms with Gasteiger partial charge in [0, 0.05) is 0 Å². The van der Waals surface area contributed by atoms with Crippen LogP contribution in [0.4, 0.5) is 13.2 Å². The number of carbonyl (C=O) groups is 1. The maximum atomic E-state index is 12.3. The first kappa shape index (κ1) is 10.0. The average Bonchev–Trinajstić information content (AvgIpc) is 1.85. The van der Waals surface area contributed by atoms with Crippen molar-refractivity contribution >= 4 is 5.97 Å². The number of hydrogen-bond donors (Lipinski definition) is 1. The van der Waals surface area contributed by atoms with E-state index in [-0.39, 0.29) is 0 Å². The van der Waals surface area contributed by atoms with Gasteiger partial charge in [0.1, 0.15) is 5.41 Å². The van der Waals surface area contributed by atoms with Gasteiger partial charge in [0.15, 0.2) is 5.83 Å². The SMILES string of the molecule is CC(C)(C(=O)O)C(F)=C(F)F. The molecule has 0 aliphatic rings. The predicted octanol–water partition coefficient (Wildman–Crippen LogP) is 2.17. The largest absolute Gasteiger partial charge is 0.481 e. The quantitative estimate of drug-likeness (QED) is 0.686. The van der Waals surface area contributed by atoms with Crippen LogP contribution >= 0.6 is 0 Å². The van der Waals surface area contributed by atoms with E-state index in [1.165, 1.54) is 0 Å². The Morgan fingerprint density at radius 2 is 1.64 bits per heavy atom. The highest BCUT2D eigenvalue weighted by Crippen LogP contribution is 2.31. The summed E-state index contributed by atoms with van der Waals surface area (Å²) in [5.41, 5.74) is -2.14. The zero-order valence-electron chi connectivity index (χ0n) is 5.99. The fourth-order valence-electron chi connectivity index (χ4n) is 0.330. The summed E-state index contributed by atoms with van der Waals surface area (Å²) in [6, 6.07) is 0. The molecule has 0 radical (unpaired) electrons. The molecule has 0 aromatic rings. The summed E-state index contributed by atoms with van der Waals surface area (Å²) in [7, 11) is 0. The minimum Gasteiger partial charge on any atom is -0.481 e. The van der Waals surface area contributed by atoms with Crippen LogP contribution in [0, 0.1) is 5.41 Å². The maximum absolute atomic E-state index is 12.3. The number of carboxylic acid groups (broad SMARTS) is 1. The molecule has 0 saturated heterocycles. The third kappa shape index (κ3) is 1.96. The van der Waals surface area contributed by atoms with E-state index >= 15 is 0 Å². The molecule has 0 aromatic carbocycles. The smallest absolute Gasteiger partial charge is 0.316 e.